The first-order valence-electron chi connectivity index (χ1n) is 9.90. The van der Waals surface area contributed by atoms with Crippen molar-refractivity contribution in [2.75, 3.05) is 20.2 Å². The van der Waals surface area contributed by atoms with Crippen molar-refractivity contribution in [3.63, 3.8) is 0 Å². The predicted octanol–water partition coefficient (Wildman–Crippen LogP) is 3.25. The second kappa shape index (κ2) is 10.9. The molecule has 0 unspecified atom stereocenters. The normalized spacial score (nSPS) is 17.0. The van der Waals surface area contributed by atoms with Gasteiger partial charge in [0.25, 0.3) is 0 Å². The third kappa shape index (κ3) is 6.28. The summed E-state index contributed by atoms with van der Waals surface area (Å²) >= 11 is 0. The summed E-state index contributed by atoms with van der Waals surface area (Å²) in [5.41, 5.74) is 8.77. The molecule has 0 spiro atoms. The van der Waals surface area contributed by atoms with E-state index in [1.165, 1.54) is 5.57 Å². The predicted molar refractivity (Wildman–Crippen MR) is 122 cm³/mol. The molecule has 1 amide bonds. The highest BCUT2D eigenvalue weighted by molar-refractivity contribution is 5.91. The molecule has 1 saturated heterocycles. The van der Waals surface area contributed by atoms with Crippen LogP contribution in [0.3, 0.4) is 0 Å². The van der Waals surface area contributed by atoms with Crippen molar-refractivity contribution in [2.45, 2.75) is 32.7 Å². The molecule has 0 aromatic heterocycles. The quantitative estimate of drug-likeness (QED) is 0.221. The second-order valence-corrected chi connectivity index (χ2v) is 7.08. The standard InChI is InChI=1S/C24H30N4O2/c1-6-19(4)27-16-22(17-27)28(15-18(3)24(25)29)26-12-8-9-21-10-11-23(30-5)14-20(7-2)13-21/h6,10,12-15,22H,1,4,7,11,16-17H2,2-3,5H3,(H2,25,29)/b18-15+,26-12+. The first-order valence-corrected chi connectivity index (χ1v) is 9.90. The molecule has 0 atom stereocenters. The van der Waals surface area contributed by atoms with Gasteiger partial charge in [-0.05, 0) is 43.1 Å². The summed E-state index contributed by atoms with van der Waals surface area (Å²) in [5.74, 6) is 6.56. The van der Waals surface area contributed by atoms with Gasteiger partial charge in [-0.15, -0.1) is 0 Å². The Hall–Kier alpha value is -3.46. The van der Waals surface area contributed by atoms with Gasteiger partial charge in [-0.3, -0.25) is 9.80 Å². The van der Waals surface area contributed by atoms with Crippen molar-refractivity contribution in [1.82, 2.24) is 9.91 Å². The maximum absolute atomic E-state index is 11.4. The molecule has 1 fully saturated rings. The first-order chi connectivity index (χ1) is 14.4. The van der Waals surface area contributed by atoms with Crippen LogP contribution in [-0.2, 0) is 9.53 Å². The van der Waals surface area contributed by atoms with Crippen molar-refractivity contribution in [1.29, 1.82) is 0 Å². The zero-order valence-electron chi connectivity index (χ0n) is 18.0. The number of hydrogen-bond donors (Lipinski definition) is 1. The minimum absolute atomic E-state index is 0.103. The number of allylic oxidation sites excluding steroid dienone is 6. The molecular formula is C24H30N4O2. The minimum atomic E-state index is -0.477. The lowest BCUT2D eigenvalue weighted by atomic mass is 10.1. The molecule has 2 rings (SSSR count). The topological polar surface area (TPSA) is 71.2 Å². The number of carbonyl (C=O) groups excluding carboxylic acids is 1. The second-order valence-electron chi connectivity index (χ2n) is 7.08. The van der Waals surface area contributed by atoms with Gasteiger partial charge < -0.3 is 15.4 Å². The number of likely N-dealkylation sites (tertiary alicyclic amines) is 1. The Morgan fingerprint density at radius 2 is 2.20 bits per heavy atom. The number of amides is 1. The Morgan fingerprint density at radius 3 is 2.80 bits per heavy atom. The number of hydrogen-bond acceptors (Lipinski definition) is 5. The zero-order valence-corrected chi connectivity index (χ0v) is 18.0. The number of methoxy groups -OCH3 is 1. The van der Waals surface area contributed by atoms with Crippen molar-refractivity contribution >= 4 is 12.1 Å². The van der Waals surface area contributed by atoms with E-state index in [1.54, 1.807) is 37.5 Å². The van der Waals surface area contributed by atoms with Gasteiger partial charge in [0.1, 0.15) is 0 Å². The van der Waals surface area contributed by atoms with Crippen LogP contribution in [0.1, 0.15) is 26.7 Å². The number of carbonyl (C=O) groups is 1. The third-order valence-electron chi connectivity index (χ3n) is 4.95. The lowest BCUT2D eigenvalue weighted by Crippen LogP contribution is -2.55. The van der Waals surface area contributed by atoms with E-state index in [0.29, 0.717) is 12.0 Å². The molecular weight excluding hydrogens is 376 g/mol. The van der Waals surface area contributed by atoms with Crippen LogP contribution < -0.4 is 5.73 Å². The minimum Gasteiger partial charge on any atom is -0.501 e. The van der Waals surface area contributed by atoms with E-state index in [0.717, 1.165) is 36.5 Å². The van der Waals surface area contributed by atoms with E-state index in [9.17, 15) is 4.79 Å². The van der Waals surface area contributed by atoms with Crippen LogP contribution in [0, 0.1) is 11.8 Å². The van der Waals surface area contributed by atoms with Crippen LogP contribution in [0.4, 0.5) is 0 Å². The smallest absolute Gasteiger partial charge is 0.245 e. The van der Waals surface area contributed by atoms with Gasteiger partial charge in [0.2, 0.25) is 5.91 Å². The number of hydrazone groups is 1. The van der Waals surface area contributed by atoms with E-state index in [4.69, 9.17) is 10.5 Å². The lowest BCUT2D eigenvalue weighted by molar-refractivity contribution is -0.114. The molecule has 6 heteroatoms. The molecule has 0 saturated carbocycles. The molecule has 0 aromatic carbocycles. The van der Waals surface area contributed by atoms with Crippen molar-refractivity contribution in [3.8, 4) is 11.8 Å². The van der Waals surface area contributed by atoms with E-state index >= 15 is 0 Å². The highest BCUT2D eigenvalue weighted by Crippen LogP contribution is 2.21. The lowest BCUT2D eigenvalue weighted by Gasteiger charge is -2.44. The average Bonchev–Trinajstić information content (AvgIpc) is 2.91. The summed E-state index contributed by atoms with van der Waals surface area (Å²) in [6.45, 7) is 12.9. The number of nitrogens with zero attached hydrogens (tertiary/aromatic N) is 3. The Kier molecular flexibility index (Phi) is 8.30. The zero-order chi connectivity index (χ0) is 22.1. The molecule has 158 valence electrons. The van der Waals surface area contributed by atoms with Crippen LogP contribution in [0.25, 0.3) is 0 Å². The van der Waals surface area contributed by atoms with E-state index < -0.39 is 5.91 Å². The van der Waals surface area contributed by atoms with Crippen molar-refractivity contribution in [3.05, 3.63) is 71.8 Å². The Bertz CT molecular complexity index is 903. The van der Waals surface area contributed by atoms with Gasteiger partial charge >= 0.3 is 0 Å². The summed E-state index contributed by atoms with van der Waals surface area (Å²) in [6, 6.07) is 0.103. The summed E-state index contributed by atoms with van der Waals surface area (Å²) < 4.78 is 5.38. The average molecular weight is 407 g/mol. The van der Waals surface area contributed by atoms with Crippen molar-refractivity contribution in [2.24, 2.45) is 10.8 Å². The fraction of sp³-hybridized carbons (Fsp3) is 0.333. The van der Waals surface area contributed by atoms with Crippen LogP contribution in [0.5, 0.6) is 0 Å². The highest BCUT2D eigenvalue weighted by atomic mass is 16.5. The third-order valence-corrected chi connectivity index (χ3v) is 4.95. The molecule has 2 N–H and O–H groups in total. The molecule has 0 aromatic rings. The fourth-order valence-electron chi connectivity index (χ4n) is 2.90. The molecule has 0 bridgehead atoms. The molecule has 6 nitrogen and oxygen atoms in total. The van der Waals surface area contributed by atoms with Crippen LogP contribution in [-0.4, -0.2) is 48.3 Å². The van der Waals surface area contributed by atoms with Gasteiger partial charge in [0.15, 0.2) is 0 Å². The first kappa shape index (κ1) is 22.8. The van der Waals surface area contributed by atoms with Gasteiger partial charge in [0.05, 0.1) is 25.1 Å². The SMILES string of the molecule is C=CC(=C)N1CC(N(/C=C(\C)C(N)=O)/N=C/C#CC2=CCC(OC)=CC(CC)=C2)C1. The highest BCUT2D eigenvalue weighted by Gasteiger charge is 2.31. The number of nitrogens with two attached hydrogens (primary N) is 1. The van der Waals surface area contributed by atoms with Crippen LogP contribution in [0.15, 0.2) is 76.9 Å². The van der Waals surface area contributed by atoms with Gasteiger partial charge in [-0.25, -0.2) is 0 Å². The van der Waals surface area contributed by atoms with Gasteiger partial charge in [-0.2, -0.15) is 5.10 Å². The Morgan fingerprint density at radius 1 is 1.47 bits per heavy atom. The van der Waals surface area contributed by atoms with E-state index in [2.05, 4.69) is 54.1 Å². The Labute approximate surface area is 179 Å². The van der Waals surface area contributed by atoms with E-state index in [-0.39, 0.29) is 6.04 Å². The van der Waals surface area contributed by atoms with Crippen molar-refractivity contribution < 1.29 is 9.53 Å². The fourth-order valence-corrected chi connectivity index (χ4v) is 2.90. The molecule has 2 aliphatic rings. The molecule has 1 aliphatic heterocycles. The number of ether oxygens (including phenoxy) is 1. The monoisotopic (exact) mass is 406 g/mol. The summed E-state index contributed by atoms with van der Waals surface area (Å²) in [4.78, 5) is 13.5. The molecule has 30 heavy (non-hydrogen) atoms. The molecule has 0 radical (unpaired) electrons. The summed E-state index contributed by atoms with van der Waals surface area (Å²) in [5, 5.41) is 6.19. The van der Waals surface area contributed by atoms with Gasteiger partial charge in [-0.1, -0.05) is 32.1 Å². The van der Waals surface area contributed by atoms with Crippen LogP contribution >= 0.6 is 0 Å². The summed E-state index contributed by atoms with van der Waals surface area (Å²) in [6.07, 6.45) is 12.7. The Balaban J connectivity index is 2.13. The maximum atomic E-state index is 11.4. The van der Waals surface area contributed by atoms with E-state index in [1.807, 2.05) is 6.08 Å². The van der Waals surface area contributed by atoms with Gasteiger partial charge in [0, 0.05) is 42.6 Å². The largest absolute Gasteiger partial charge is 0.501 e. The summed E-state index contributed by atoms with van der Waals surface area (Å²) in [7, 11) is 1.68. The molecule has 1 heterocycles. The number of rotatable bonds is 8. The molecule has 1 aliphatic carbocycles. The number of primary amides is 1. The maximum Gasteiger partial charge on any atom is 0.245 e. The van der Waals surface area contributed by atoms with Crippen LogP contribution in [0.2, 0.25) is 0 Å².